The number of aryl methyl sites for hydroxylation is 1. The molecule has 0 aromatic heterocycles. The smallest absolute Gasteiger partial charge is 0.239 e. The van der Waals surface area contributed by atoms with E-state index in [1.807, 2.05) is 43.1 Å². The molecule has 3 rings (SSSR count). The van der Waals surface area contributed by atoms with E-state index in [1.165, 1.54) is 29.5 Å². The van der Waals surface area contributed by atoms with Gasteiger partial charge in [0.05, 0.1) is 13.2 Å². The van der Waals surface area contributed by atoms with Crippen molar-refractivity contribution in [3.05, 3.63) is 65.2 Å². The van der Waals surface area contributed by atoms with E-state index in [0.29, 0.717) is 12.5 Å². The molecule has 144 valence electrons. The number of nitrogens with one attached hydrogen (secondary N) is 1. The number of hydrogen-bond donors (Lipinski definition) is 1. The lowest BCUT2D eigenvalue weighted by Gasteiger charge is -2.27. The predicted molar refractivity (Wildman–Crippen MR) is 109 cm³/mol. The monoisotopic (exact) mass is 366 g/mol. The van der Waals surface area contributed by atoms with E-state index in [-0.39, 0.29) is 18.0 Å². The molecule has 0 bridgehead atoms. The summed E-state index contributed by atoms with van der Waals surface area (Å²) in [5.41, 5.74) is 3.63. The number of nitrogens with zero attached hydrogens (tertiary/aromatic N) is 1. The van der Waals surface area contributed by atoms with Crippen LogP contribution >= 0.6 is 0 Å². The van der Waals surface area contributed by atoms with Gasteiger partial charge in [-0.15, -0.1) is 0 Å². The van der Waals surface area contributed by atoms with Gasteiger partial charge in [-0.05, 0) is 61.4 Å². The summed E-state index contributed by atoms with van der Waals surface area (Å²) in [5, 5.41) is 3.58. The van der Waals surface area contributed by atoms with Crippen molar-refractivity contribution in [2.45, 2.75) is 45.3 Å². The second-order valence-corrected chi connectivity index (χ2v) is 7.60. The lowest BCUT2D eigenvalue weighted by Crippen LogP contribution is -2.44. The number of rotatable bonds is 8. The van der Waals surface area contributed by atoms with Gasteiger partial charge in [0, 0.05) is 19.6 Å². The van der Waals surface area contributed by atoms with E-state index >= 15 is 0 Å². The Bertz CT molecular complexity index is 768. The van der Waals surface area contributed by atoms with Gasteiger partial charge in [0.15, 0.2) is 0 Å². The molecule has 1 N–H and O–H groups in total. The van der Waals surface area contributed by atoms with Crippen LogP contribution in [0.3, 0.4) is 0 Å². The Morgan fingerprint density at radius 1 is 1.19 bits per heavy atom. The maximum absolute atomic E-state index is 12.9. The molecule has 1 aliphatic rings. The van der Waals surface area contributed by atoms with E-state index < -0.39 is 0 Å². The van der Waals surface area contributed by atoms with Crippen LogP contribution in [-0.2, 0) is 11.3 Å². The summed E-state index contributed by atoms with van der Waals surface area (Å²) in [6.45, 7) is 4.69. The Kier molecular flexibility index (Phi) is 6.17. The fourth-order valence-corrected chi connectivity index (χ4v) is 3.54. The first-order valence-electron chi connectivity index (χ1n) is 9.69. The van der Waals surface area contributed by atoms with Crippen molar-refractivity contribution in [2.75, 3.05) is 14.2 Å². The van der Waals surface area contributed by atoms with Gasteiger partial charge in [0.1, 0.15) is 5.75 Å². The molecular weight excluding hydrogens is 336 g/mol. The van der Waals surface area contributed by atoms with Crippen LogP contribution in [0.2, 0.25) is 0 Å². The normalized spacial score (nSPS) is 15.9. The molecular formula is C23H30N2O2. The molecule has 4 nitrogen and oxygen atoms in total. The molecule has 0 aliphatic heterocycles. The van der Waals surface area contributed by atoms with Gasteiger partial charge in [0.2, 0.25) is 5.91 Å². The van der Waals surface area contributed by atoms with E-state index in [0.717, 1.165) is 5.75 Å². The van der Waals surface area contributed by atoms with Crippen LogP contribution in [0.5, 0.6) is 5.75 Å². The van der Waals surface area contributed by atoms with E-state index in [1.54, 1.807) is 7.11 Å². The van der Waals surface area contributed by atoms with Crippen molar-refractivity contribution in [2.24, 2.45) is 5.92 Å². The number of benzene rings is 2. The number of hydrogen-bond acceptors (Lipinski definition) is 3. The summed E-state index contributed by atoms with van der Waals surface area (Å²) < 4.78 is 5.26. The molecule has 2 unspecified atom stereocenters. The van der Waals surface area contributed by atoms with Gasteiger partial charge in [-0.1, -0.05) is 36.4 Å². The summed E-state index contributed by atoms with van der Waals surface area (Å²) in [6.07, 6.45) is 2.42. The van der Waals surface area contributed by atoms with Gasteiger partial charge < -0.3 is 9.64 Å². The Labute approximate surface area is 162 Å². The minimum absolute atomic E-state index is 0.123. The molecule has 2 atom stereocenters. The molecule has 0 radical (unpaired) electrons. The minimum atomic E-state index is -0.230. The maximum Gasteiger partial charge on any atom is 0.239 e. The predicted octanol–water partition coefficient (Wildman–Crippen LogP) is 4.09. The summed E-state index contributed by atoms with van der Waals surface area (Å²) in [4.78, 5) is 14.7. The highest BCUT2D eigenvalue weighted by atomic mass is 16.5. The Morgan fingerprint density at radius 3 is 2.44 bits per heavy atom. The number of methoxy groups -OCH3 is 1. The first-order chi connectivity index (χ1) is 13.0. The van der Waals surface area contributed by atoms with Gasteiger partial charge in [-0.3, -0.25) is 10.1 Å². The SMILES string of the molecule is COc1ccc(C(NC(C)C(=O)N(C)Cc2ccccc2C)C2CC2)cc1. The number of carbonyl (C=O) groups is 1. The zero-order valence-electron chi connectivity index (χ0n) is 16.7. The lowest BCUT2D eigenvalue weighted by atomic mass is 10.0. The quantitative estimate of drug-likeness (QED) is 0.765. The molecule has 0 spiro atoms. The summed E-state index contributed by atoms with van der Waals surface area (Å²) >= 11 is 0. The van der Waals surface area contributed by atoms with Crippen LogP contribution < -0.4 is 10.1 Å². The van der Waals surface area contributed by atoms with E-state index in [9.17, 15) is 4.79 Å². The van der Waals surface area contributed by atoms with Crippen LogP contribution in [0.4, 0.5) is 0 Å². The average Bonchev–Trinajstić information content (AvgIpc) is 3.52. The van der Waals surface area contributed by atoms with Crippen LogP contribution in [-0.4, -0.2) is 31.0 Å². The van der Waals surface area contributed by atoms with Gasteiger partial charge in [-0.2, -0.15) is 0 Å². The first kappa shape index (κ1) is 19.4. The van der Waals surface area contributed by atoms with Crippen molar-refractivity contribution in [3.63, 3.8) is 0 Å². The third-order valence-electron chi connectivity index (χ3n) is 5.41. The molecule has 1 aliphatic carbocycles. The number of likely N-dealkylation sites (N-methyl/N-ethyl adjacent to an activating group) is 1. The van der Waals surface area contributed by atoms with Crippen molar-refractivity contribution >= 4 is 5.91 Å². The molecule has 0 saturated heterocycles. The molecule has 0 heterocycles. The second kappa shape index (κ2) is 8.57. The van der Waals surface area contributed by atoms with Gasteiger partial charge in [-0.25, -0.2) is 0 Å². The third-order valence-corrected chi connectivity index (χ3v) is 5.41. The average molecular weight is 367 g/mol. The van der Waals surface area contributed by atoms with Crippen molar-refractivity contribution in [1.82, 2.24) is 10.2 Å². The third kappa shape index (κ3) is 4.89. The highest BCUT2D eigenvalue weighted by Gasteiger charge is 2.34. The largest absolute Gasteiger partial charge is 0.497 e. The zero-order valence-corrected chi connectivity index (χ0v) is 16.7. The number of amides is 1. The molecule has 1 amide bonds. The first-order valence-corrected chi connectivity index (χ1v) is 9.69. The molecule has 1 saturated carbocycles. The van der Waals surface area contributed by atoms with Crippen molar-refractivity contribution in [3.8, 4) is 5.75 Å². The van der Waals surface area contributed by atoms with Crippen molar-refractivity contribution in [1.29, 1.82) is 0 Å². The summed E-state index contributed by atoms with van der Waals surface area (Å²) in [6, 6.07) is 16.4. The van der Waals surface area contributed by atoms with Crippen LogP contribution in [0, 0.1) is 12.8 Å². The molecule has 1 fully saturated rings. The molecule has 27 heavy (non-hydrogen) atoms. The Balaban J connectivity index is 1.65. The lowest BCUT2D eigenvalue weighted by molar-refractivity contribution is -0.132. The minimum Gasteiger partial charge on any atom is -0.497 e. The molecule has 4 heteroatoms. The zero-order chi connectivity index (χ0) is 19.4. The topological polar surface area (TPSA) is 41.6 Å². The molecule has 2 aromatic carbocycles. The number of ether oxygens (including phenoxy) is 1. The van der Waals surface area contributed by atoms with Gasteiger partial charge in [0.25, 0.3) is 0 Å². The maximum atomic E-state index is 12.9. The second-order valence-electron chi connectivity index (χ2n) is 7.60. The summed E-state index contributed by atoms with van der Waals surface area (Å²) in [7, 11) is 3.56. The van der Waals surface area contributed by atoms with Crippen molar-refractivity contribution < 1.29 is 9.53 Å². The standard InChI is InChI=1S/C23H30N2O2/c1-16-7-5-6-8-20(16)15-25(3)23(26)17(2)24-22(18-9-10-18)19-11-13-21(27-4)14-12-19/h5-8,11-14,17-18,22,24H,9-10,15H2,1-4H3. The van der Waals surface area contributed by atoms with Gasteiger partial charge >= 0.3 is 0 Å². The Hall–Kier alpha value is -2.33. The summed E-state index contributed by atoms with van der Waals surface area (Å²) in [5.74, 6) is 1.59. The fraction of sp³-hybridized carbons (Fsp3) is 0.435. The van der Waals surface area contributed by atoms with E-state index in [4.69, 9.17) is 4.74 Å². The fourth-order valence-electron chi connectivity index (χ4n) is 3.54. The van der Waals surface area contributed by atoms with Crippen LogP contribution in [0.15, 0.2) is 48.5 Å². The van der Waals surface area contributed by atoms with E-state index in [2.05, 4.69) is 36.5 Å². The Morgan fingerprint density at radius 2 is 1.85 bits per heavy atom. The number of carbonyl (C=O) groups excluding carboxylic acids is 1. The highest BCUT2D eigenvalue weighted by Crippen LogP contribution is 2.41. The van der Waals surface area contributed by atoms with Crippen LogP contribution in [0.1, 0.15) is 42.5 Å². The van der Waals surface area contributed by atoms with Crippen LogP contribution in [0.25, 0.3) is 0 Å². The highest BCUT2D eigenvalue weighted by molar-refractivity contribution is 5.81. The molecule has 2 aromatic rings.